The highest BCUT2D eigenvalue weighted by Gasteiger charge is 2.26. The van der Waals surface area contributed by atoms with Gasteiger partial charge in [0.1, 0.15) is 0 Å². The van der Waals surface area contributed by atoms with Crippen LogP contribution in [0.5, 0.6) is 0 Å². The standard InChI is InChI=1S/C24H28N4O4S2/c1-3-18-7-5-13-28(18)22(29)11-12-25-23(30)27-24-26-20-10-9-17(15-21(20)33-24)16-6-4-8-19(14-16)34(2,31)32/h4,6,8-10,14-15,18H,3,5,7,11-13H2,1-2H3,(H2,25,26,27,30). The van der Waals surface area contributed by atoms with Gasteiger partial charge in [0, 0.05) is 31.8 Å². The van der Waals surface area contributed by atoms with E-state index in [1.54, 1.807) is 18.2 Å². The van der Waals surface area contributed by atoms with Crippen molar-refractivity contribution in [2.45, 2.75) is 43.5 Å². The van der Waals surface area contributed by atoms with Crippen LogP contribution in [-0.2, 0) is 14.6 Å². The number of fused-ring (bicyclic) bond motifs is 1. The molecule has 1 unspecified atom stereocenters. The zero-order valence-electron chi connectivity index (χ0n) is 19.2. The van der Waals surface area contributed by atoms with E-state index in [1.165, 1.54) is 17.6 Å². The van der Waals surface area contributed by atoms with E-state index in [9.17, 15) is 18.0 Å². The third kappa shape index (κ3) is 5.56. The summed E-state index contributed by atoms with van der Waals surface area (Å²) in [4.78, 5) is 31.3. The van der Waals surface area contributed by atoms with Crippen molar-refractivity contribution in [2.75, 3.05) is 24.7 Å². The number of anilines is 1. The predicted molar refractivity (Wildman–Crippen MR) is 135 cm³/mol. The highest BCUT2D eigenvalue weighted by molar-refractivity contribution is 7.90. The van der Waals surface area contributed by atoms with Gasteiger partial charge in [0.15, 0.2) is 15.0 Å². The van der Waals surface area contributed by atoms with Crippen LogP contribution in [0.2, 0.25) is 0 Å². The summed E-state index contributed by atoms with van der Waals surface area (Å²) in [6, 6.07) is 12.4. The molecule has 1 fully saturated rings. The number of amides is 3. The summed E-state index contributed by atoms with van der Waals surface area (Å²) in [5, 5.41) is 5.92. The summed E-state index contributed by atoms with van der Waals surface area (Å²) >= 11 is 1.33. The quantitative estimate of drug-likeness (QED) is 0.503. The zero-order valence-corrected chi connectivity index (χ0v) is 20.8. The summed E-state index contributed by atoms with van der Waals surface area (Å²) in [5.74, 6) is 0.0807. The smallest absolute Gasteiger partial charge is 0.321 e. The number of urea groups is 1. The minimum absolute atomic E-state index is 0.0807. The Labute approximate surface area is 203 Å². The molecule has 1 aliphatic rings. The molecular formula is C24H28N4O4S2. The molecular weight excluding hydrogens is 472 g/mol. The maximum atomic E-state index is 12.4. The Kier molecular flexibility index (Phi) is 7.18. The number of nitrogens with one attached hydrogen (secondary N) is 2. The number of hydrogen-bond acceptors (Lipinski definition) is 6. The Bertz CT molecular complexity index is 1320. The van der Waals surface area contributed by atoms with E-state index in [-0.39, 0.29) is 23.8 Å². The number of thiazole rings is 1. The summed E-state index contributed by atoms with van der Waals surface area (Å²) in [6.07, 6.45) is 4.52. The van der Waals surface area contributed by atoms with Crippen LogP contribution in [0.25, 0.3) is 21.3 Å². The fourth-order valence-corrected chi connectivity index (χ4v) is 5.79. The maximum Gasteiger partial charge on any atom is 0.321 e. The minimum Gasteiger partial charge on any atom is -0.340 e. The Morgan fingerprint density at radius 3 is 2.74 bits per heavy atom. The Morgan fingerprint density at radius 2 is 1.97 bits per heavy atom. The van der Waals surface area contributed by atoms with Crippen molar-refractivity contribution in [3.63, 3.8) is 0 Å². The highest BCUT2D eigenvalue weighted by atomic mass is 32.2. The molecule has 34 heavy (non-hydrogen) atoms. The number of hydrogen-bond donors (Lipinski definition) is 2. The lowest BCUT2D eigenvalue weighted by atomic mass is 10.1. The Morgan fingerprint density at radius 1 is 1.18 bits per heavy atom. The molecule has 3 amide bonds. The SMILES string of the molecule is CCC1CCCN1C(=O)CCNC(=O)Nc1nc2ccc(-c3cccc(S(C)(=O)=O)c3)cc2s1. The molecule has 0 radical (unpaired) electrons. The molecule has 1 atom stereocenters. The number of benzene rings is 2. The summed E-state index contributed by atoms with van der Waals surface area (Å²) in [6.45, 7) is 3.16. The number of likely N-dealkylation sites (tertiary alicyclic amines) is 1. The van der Waals surface area contributed by atoms with Crippen molar-refractivity contribution >= 4 is 48.5 Å². The van der Waals surface area contributed by atoms with E-state index in [0.29, 0.717) is 11.2 Å². The van der Waals surface area contributed by atoms with E-state index in [2.05, 4.69) is 22.5 Å². The van der Waals surface area contributed by atoms with E-state index < -0.39 is 15.9 Å². The normalized spacial score (nSPS) is 16.1. The van der Waals surface area contributed by atoms with Crippen molar-refractivity contribution in [3.8, 4) is 11.1 Å². The molecule has 1 saturated heterocycles. The van der Waals surface area contributed by atoms with Gasteiger partial charge in [0.25, 0.3) is 0 Å². The van der Waals surface area contributed by atoms with Crippen LogP contribution in [0.15, 0.2) is 47.4 Å². The topological polar surface area (TPSA) is 108 Å². The summed E-state index contributed by atoms with van der Waals surface area (Å²) < 4.78 is 24.6. The maximum absolute atomic E-state index is 12.4. The lowest BCUT2D eigenvalue weighted by Crippen LogP contribution is -2.38. The van der Waals surface area contributed by atoms with Crippen LogP contribution in [0.3, 0.4) is 0 Å². The van der Waals surface area contributed by atoms with E-state index in [1.807, 2.05) is 29.2 Å². The zero-order chi connectivity index (χ0) is 24.3. The van der Waals surface area contributed by atoms with Gasteiger partial charge in [-0.05, 0) is 54.7 Å². The molecule has 1 aromatic heterocycles. The fourth-order valence-electron chi connectivity index (χ4n) is 4.22. The minimum atomic E-state index is -3.30. The molecule has 0 spiro atoms. The van der Waals surface area contributed by atoms with E-state index in [4.69, 9.17) is 0 Å². The fraction of sp³-hybridized carbons (Fsp3) is 0.375. The van der Waals surface area contributed by atoms with Crippen molar-refractivity contribution < 1.29 is 18.0 Å². The molecule has 3 aromatic rings. The lowest BCUT2D eigenvalue weighted by molar-refractivity contribution is -0.131. The molecule has 0 bridgehead atoms. The molecule has 0 saturated carbocycles. The molecule has 1 aliphatic heterocycles. The van der Waals surface area contributed by atoms with Crippen LogP contribution in [-0.4, -0.2) is 55.6 Å². The van der Waals surface area contributed by atoms with Gasteiger partial charge in [-0.1, -0.05) is 36.5 Å². The molecule has 0 aliphatic carbocycles. The Balaban J connectivity index is 1.37. The van der Waals surface area contributed by atoms with Gasteiger partial charge in [-0.2, -0.15) is 0 Å². The van der Waals surface area contributed by atoms with Gasteiger partial charge < -0.3 is 10.2 Å². The lowest BCUT2D eigenvalue weighted by Gasteiger charge is -2.23. The third-order valence-electron chi connectivity index (χ3n) is 6.00. The number of aromatic nitrogens is 1. The number of rotatable bonds is 7. The second-order valence-electron chi connectivity index (χ2n) is 8.42. The number of carbonyl (C=O) groups is 2. The first-order valence-corrected chi connectivity index (χ1v) is 14.0. The average molecular weight is 501 g/mol. The van der Waals surface area contributed by atoms with Crippen molar-refractivity contribution in [3.05, 3.63) is 42.5 Å². The van der Waals surface area contributed by atoms with Crippen molar-refractivity contribution in [1.29, 1.82) is 0 Å². The molecule has 2 heterocycles. The van der Waals surface area contributed by atoms with Gasteiger partial charge in [-0.15, -0.1) is 0 Å². The van der Waals surface area contributed by atoms with Crippen molar-refractivity contribution in [2.24, 2.45) is 0 Å². The van der Waals surface area contributed by atoms with Crippen LogP contribution in [0.1, 0.15) is 32.6 Å². The first kappa shape index (κ1) is 24.2. The third-order valence-corrected chi connectivity index (χ3v) is 8.04. The van der Waals surface area contributed by atoms with Gasteiger partial charge in [0.05, 0.1) is 15.1 Å². The van der Waals surface area contributed by atoms with Crippen molar-refractivity contribution in [1.82, 2.24) is 15.2 Å². The average Bonchev–Trinajstić information content (AvgIpc) is 3.44. The van der Waals surface area contributed by atoms with Gasteiger partial charge in [-0.3, -0.25) is 10.1 Å². The van der Waals surface area contributed by atoms with Crippen LogP contribution in [0, 0.1) is 0 Å². The Hall–Kier alpha value is -2.98. The van der Waals surface area contributed by atoms with E-state index in [0.717, 1.165) is 47.2 Å². The highest BCUT2D eigenvalue weighted by Crippen LogP contribution is 2.31. The van der Waals surface area contributed by atoms with Crippen LogP contribution < -0.4 is 10.6 Å². The predicted octanol–water partition coefficient (Wildman–Crippen LogP) is 4.28. The molecule has 2 N–H and O–H groups in total. The number of sulfone groups is 1. The molecule has 4 rings (SSSR count). The van der Waals surface area contributed by atoms with Crippen LogP contribution in [0.4, 0.5) is 9.93 Å². The second-order valence-corrected chi connectivity index (χ2v) is 11.5. The monoisotopic (exact) mass is 500 g/mol. The molecule has 10 heteroatoms. The van der Waals surface area contributed by atoms with Gasteiger partial charge in [0.2, 0.25) is 5.91 Å². The first-order chi connectivity index (χ1) is 16.2. The van der Waals surface area contributed by atoms with Crippen LogP contribution >= 0.6 is 11.3 Å². The first-order valence-electron chi connectivity index (χ1n) is 11.3. The summed E-state index contributed by atoms with van der Waals surface area (Å²) in [7, 11) is -3.30. The second kappa shape index (κ2) is 10.1. The number of carbonyl (C=O) groups excluding carboxylic acids is 2. The van der Waals surface area contributed by atoms with E-state index >= 15 is 0 Å². The van der Waals surface area contributed by atoms with Gasteiger partial charge in [-0.25, -0.2) is 18.2 Å². The molecule has 8 nitrogen and oxygen atoms in total. The molecule has 2 aromatic carbocycles. The largest absolute Gasteiger partial charge is 0.340 e. The van der Waals surface area contributed by atoms with Gasteiger partial charge >= 0.3 is 6.03 Å². The summed E-state index contributed by atoms with van der Waals surface area (Å²) in [5.41, 5.74) is 2.39. The molecule has 180 valence electrons. The number of nitrogens with zero attached hydrogens (tertiary/aromatic N) is 2.